The minimum Gasteiger partial charge on any atom is -0.508 e. The summed E-state index contributed by atoms with van der Waals surface area (Å²) in [4.78, 5) is 13.1. The number of aliphatic hydroxyl groups excluding tert-OH is 1. The van der Waals surface area contributed by atoms with Crippen LogP contribution in [-0.2, 0) is 6.54 Å². The van der Waals surface area contributed by atoms with Crippen molar-refractivity contribution in [3.05, 3.63) is 29.3 Å². The Morgan fingerprint density at radius 2 is 2.12 bits per heavy atom. The maximum absolute atomic E-state index is 11.2. The van der Waals surface area contributed by atoms with E-state index < -0.39 is 0 Å². The molecule has 0 heterocycles. The highest BCUT2D eigenvalue weighted by Gasteiger charge is 2.08. The highest BCUT2D eigenvalue weighted by molar-refractivity contribution is 5.94. The second kappa shape index (κ2) is 5.63. The van der Waals surface area contributed by atoms with Crippen LogP contribution in [0.5, 0.6) is 5.75 Å². The molecule has 0 amide bonds. The van der Waals surface area contributed by atoms with Crippen LogP contribution in [0.4, 0.5) is 0 Å². The first kappa shape index (κ1) is 12.7. The number of rotatable bonds is 5. The highest BCUT2D eigenvalue weighted by atomic mass is 16.3. The molecule has 0 saturated heterocycles. The summed E-state index contributed by atoms with van der Waals surface area (Å²) < 4.78 is 0. The van der Waals surface area contributed by atoms with Crippen molar-refractivity contribution in [2.24, 2.45) is 0 Å². The first-order chi connectivity index (χ1) is 7.54. The SMILES string of the molecule is CC(=O)c1ccc(O)c(CN(C)CCO)c1. The summed E-state index contributed by atoms with van der Waals surface area (Å²) in [5.41, 5.74) is 1.29. The average molecular weight is 223 g/mol. The number of hydrogen-bond acceptors (Lipinski definition) is 4. The number of hydrogen-bond donors (Lipinski definition) is 2. The topological polar surface area (TPSA) is 60.8 Å². The van der Waals surface area contributed by atoms with Crippen molar-refractivity contribution in [1.29, 1.82) is 0 Å². The fraction of sp³-hybridized carbons (Fsp3) is 0.417. The van der Waals surface area contributed by atoms with Crippen molar-refractivity contribution in [3.63, 3.8) is 0 Å². The molecule has 0 bridgehead atoms. The number of carbonyl (C=O) groups excluding carboxylic acids is 1. The Labute approximate surface area is 95.1 Å². The monoisotopic (exact) mass is 223 g/mol. The molecule has 1 aromatic rings. The summed E-state index contributed by atoms with van der Waals surface area (Å²) in [7, 11) is 1.84. The Bertz CT molecular complexity index is 377. The third-order valence-electron chi connectivity index (χ3n) is 2.41. The van der Waals surface area contributed by atoms with E-state index >= 15 is 0 Å². The van der Waals surface area contributed by atoms with E-state index in [0.29, 0.717) is 24.2 Å². The Balaban J connectivity index is 2.85. The molecule has 0 fully saturated rings. The summed E-state index contributed by atoms with van der Waals surface area (Å²) in [6, 6.07) is 4.82. The van der Waals surface area contributed by atoms with Gasteiger partial charge in [-0.25, -0.2) is 0 Å². The van der Waals surface area contributed by atoms with E-state index in [0.717, 1.165) is 0 Å². The van der Waals surface area contributed by atoms with E-state index in [9.17, 15) is 9.90 Å². The maximum Gasteiger partial charge on any atom is 0.159 e. The van der Waals surface area contributed by atoms with Gasteiger partial charge in [-0.15, -0.1) is 0 Å². The molecule has 0 atom stereocenters. The van der Waals surface area contributed by atoms with Crippen molar-refractivity contribution >= 4 is 5.78 Å². The van der Waals surface area contributed by atoms with Gasteiger partial charge in [-0.05, 0) is 32.2 Å². The Hall–Kier alpha value is -1.39. The molecule has 2 N–H and O–H groups in total. The number of carbonyl (C=O) groups is 1. The minimum atomic E-state index is -0.0222. The van der Waals surface area contributed by atoms with Gasteiger partial charge in [0.15, 0.2) is 5.78 Å². The summed E-state index contributed by atoms with van der Waals surface area (Å²) in [5.74, 6) is 0.154. The third kappa shape index (κ3) is 3.32. The standard InChI is InChI=1S/C12H17NO3/c1-9(15)10-3-4-12(16)11(7-10)8-13(2)5-6-14/h3-4,7,14,16H,5-6,8H2,1-2H3. The summed E-state index contributed by atoms with van der Waals surface area (Å²) in [6.45, 7) is 2.61. The quantitative estimate of drug-likeness (QED) is 0.732. The summed E-state index contributed by atoms with van der Waals surface area (Å²) in [5, 5.41) is 18.4. The van der Waals surface area contributed by atoms with Gasteiger partial charge >= 0.3 is 0 Å². The van der Waals surface area contributed by atoms with Crippen LogP contribution in [-0.4, -0.2) is 41.1 Å². The lowest BCUT2D eigenvalue weighted by atomic mass is 10.1. The van der Waals surface area contributed by atoms with Gasteiger partial charge in [0, 0.05) is 24.2 Å². The molecule has 0 unspecified atom stereocenters. The zero-order valence-corrected chi connectivity index (χ0v) is 9.60. The zero-order chi connectivity index (χ0) is 12.1. The molecule has 0 radical (unpaired) electrons. The first-order valence-electron chi connectivity index (χ1n) is 5.17. The van der Waals surface area contributed by atoms with Crippen molar-refractivity contribution < 1.29 is 15.0 Å². The summed E-state index contributed by atoms with van der Waals surface area (Å²) >= 11 is 0. The van der Waals surface area contributed by atoms with E-state index in [1.807, 2.05) is 11.9 Å². The Kier molecular flexibility index (Phi) is 4.46. The predicted molar refractivity (Wildman–Crippen MR) is 61.5 cm³/mol. The van der Waals surface area contributed by atoms with E-state index in [1.54, 1.807) is 12.1 Å². The van der Waals surface area contributed by atoms with E-state index in [-0.39, 0.29) is 18.1 Å². The van der Waals surface area contributed by atoms with Gasteiger partial charge < -0.3 is 10.2 Å². The molecule has 4 heteroatoms. The lowest BCUT2D eigenvalue weighted by Gasteiger charge is -2.16. The molecule has 1 rings (SSSR count). The molecule has 0 aliphatic rings. The van der Waals surface area contributed by atoms with Crippen LogP contribution in [0.15, 0.2) is 18.2 Å². The van der Waals surface area contributed by atoms with Gasteiger partial charge in [0.2, 0.25) is 0 Å². The number of benzene rings is 1. The van der Waals surface area contributed by atoms with Crippen molar-refractivity contribution in [3.8, 4) is 5.75 Å². The van der Waals surface area contributed by atoms with E-state index in [2.05, 4.69) is 0 Å². The van der Waals surface area contributed by atoms with E-state index in [4.69, 9.17) is 5.11 Å². The Morgan fingerprint density at radius 1 is 1.44 bits per heavy atom. The van der Waals surface area contributed by atoms with Crippen molar-refractivity contribution in [2.75, 3.05) is 20.2 Å². The Morgan fingerprint density at radius 3 is 2.69 bits per heavy atom. The zero-order valence-electron chi connectivity index (χ0n) is 9.60. The number of Topliss-reactive ketones (excluding diaryl/α,β-unsaturated/α-hetero) is 1. The van der Waals surface area contributed by atoms with Crippen LogP contribution in [0.2, 0.25) is 0 Å². The molecular weight excluding hydrogens is 206 g/mol. The van der Waals surface area contributed by atoms with Crippen LogP contribution in [0.25, 0.3) is 0 Å². The van der Waals surface area contributed by atoms with Crippen LogP contribution < -0.4 is 0 Å². The molecule has 0 spiro atoms. The lowest BCUT2D eigenvalue weighted by molar-refractivity contribution is 0.101. The molecule has 88 valence electrons. The predicted octanol–water partition coefficient (Wildman–Crippen LogP) is 1.02. The van der Waals surface area contributed by atoms with Crippen molar-refractivity contribution in [1.82, 2.24) is 4.90 Å². The second-order valence-electron chi connectivity index (χ2n) is 3.86. The molecule has 4 nitrogen and oxygen atoms in total. The first-order valence-corrected chi connectivity index (χ1v) is 5.17. The number of phenols is 1. The normalized spacial score (nSPS) is 10.8. The number of aromatic hydroxyl groups is 1. The molecule has 0 aliphatic carbocycles. The highest BCUT2D eigenvalue weighted by Crippen LogP contribution is 2.20. The van der Waals surface area contributed by atoms with Crippen LogP contribution in [0.3, 0.4) is 0 Å². The van der Waals surface area contributed by atoms with E-state index in [1.165, 1.54) is 13.0 Å². The molecule has 1 aromatic carbocycles. The van der Waals surface area contributed by atoms with Gasteiger partial charge in [0.25, 0.3) is 0 Å². The van der Waals surface area contributed by atoms with Gasteiger partial charge in [0.1, 0.15) is 5.75 Å². The van der Waals surface area contributed by atoms with Gasteiger partial charge in [-0.1, -0.05) is 0 Å². The summed E-state index contributed by atoms with van der Waals surface area (Å²) in [6.07, 6.45) is 0. The van der Waals surface area contributed by atoms with Crippen LogP contribution in [0, 0.1) is 0 Å². The third-order valence-corrected chi connectivity index (χ3v) is 2.41. The molecule has 0 aromatic heterocycles. The number of likely N-dealkylation sites (N-methyl/N-ethyl adjacent to an activating group) is 1. The second-order valence-corrected chi connectivity index (χ2v) is 3.86. The van der Waals surface area contributed by atoms with Crippen molar-refractivity contribution in [2.45, 2.75) is 13.5 Å². The average Bonchev–Trinajstić information content (AvgIpc) is 2.21. The van der Waals surface area contributed by atoms with Gasteiger partial charge in [0.05, 0.1) is 6.61 Å². The number of aliphatic hydroxyl groups is 1. The van der Waals surface area contributed by atoms with Gasteiger partial charge in [-0.2, -0.15) is 0 Å². The van der Waals surface area contributed by atoms with Crippen LogP contribution in [0.1, 0.15) is 22.8 Å². The maximum atomic E-state index is 11.2. The molecule has 16 heavy (non-hydrogen) atoms. The lowest BCUT2D eigenvalue weighted by Crippen LogP contribution is -2.21. The number of nitrogens with zero attached hydrogens (tertiary/aromatic N) is 1. The fourth-order valence-corrected chi connectivity index (χ4v) is 1.47. The minimum absolute atomic E-state index is 0.0222. The smallest absolute Gasteiger partial charge is 0.159 e. The molecule has 0 aliphatic heterocycles. The van der Waals surface area contributed by atoms with Crippen LogP contribution >= 0.6 is 0 Å². The number of phenolic OH excluding ortho intramolecular Hbond substituents is 1. The van der Waals surface area contributed by atoms with Gasteiger partial charge in [-0.3, -0.25) is 9.69 Å². The largest absolute Gasteiger partial charge is 0.508 e. The molecular formula is C12H17NO3. The number of ketones is 1. The molecule has 0 saturated carbocycles. The fourth-order valence-electron chi connectivity index (χ4n) is 1.47.